The van der Waals surface area contributed by atoms with Crippen LogP contribution in [-0.4, -0.2) is 6.61 Å². The maximum atomic E-state index is 6.16. The van der Waals surface area contributed by atoms with E-state index < -0.39 is 0 Å². The van der Waals surface area contributed by atoms with Crippen molar-refractivity contribution in [1.82, 2.24) is 0 Å². The average Bonchev–Trinajstić information content (AvgIpc) is 2.60. The summed E-state index contributed by atoms with van der Waals surface area (Å²) in [5.41, 5.74) is 0. The van der Waals surface area contributed by atoms with Gasteiger partial charge in [-0.05, 0) is 24.4 Å². The molecule has 0 aliphatic heterocycles. The molecule has 0 saturated carbocycles. The molecule has 4 heteroatoms. The van der Waals surface area contributed by atoms with Gasteiger partial charge in [0.2, 0.25) is 0 Å². The summed E-state index contributed by atoms with van der Waals surface area (Å²) in [6.45, 7) is 2.47. The van der Waals surface area contributed by atoms with E-state index >= 15 is 0 Å². The minimum absolute atomic E-state index is 0.565. The second-order valence-electron chi connectivity index (χ2n) is 2.77. The summed E-state index contributed by atoms with van der Waals surface area (Å²) in [7, 11) is 0. The molecule has 0 unspecified atom stereocenters. The minimum atomic E-state index is 0.565. The molecule has 0 spiro atoms. The van der Waals surface area contributed by atoms with Gasteiger partial charge >= 0.3 is 0 Å². The highest BCUT2D eigenvalue weighted by molar-refractivity contribution is 7.17. The number of halogens is 2. The van der Waals surface area contributed by atoms with Gasteiger partial charge in [0.25, 0.3) is 0 Å². The van der Waals surface area contributed by atoms with Crippen molar-refractivity contribution in [3.05, 3.63) is 27.6 Å². The lowest BCUT2D eigenvalue weighted by Crippen LogP contribution is -1.93. The fourth-order valence-corrected chi connectivity index (χ4v) is 2.88. The summed E-state index contributed by atoms with van der Waals surface area (Å²) in [6, 6.07) is 3.86. The molecule has 1 heterocycles. The molecule has 0 radical (unpaired) electrons. The molecule has 14 heavy (non-hydrogen) atoms. The first-order valence-corrected chi connectivity index (χ1v) is 5.85. The van der Waals surface area contributed by atoms with Crippen LogP contribution in [0.15, 0.2) is 17.5 Å². The van der Waals surface area contributed by atoms with Crippen molar-refractivity contribution in [2.45, 2.75) is 6.92 Å². The van der Waals surface area contributed by atoms with Crippen molar-refractivity contribution < 1.29 is 4.74 Å². The molecule has 0 bridgehead atoms. The van der Waals surface area contributed by atoms with Crippen LogP contribution in [0.5, 0.6) is 5.75 Å². The van der Waals surface area contributed by atoms with Crippen LogP contribution < -0.4 is 4.74 Å². The van der Waals surface area contributed by atoms with E-state index in [-0.39, 0.29) is 0 Å². The second-order valence-corrected chi connectivity index (χ2v) is 4.50. The number of rotatable bonds is 2. The zero-order valence-corrected chi connectivity index (χ0v) is 9.84. The first-order chi connectivity index (χ1) is 6.74. The van der Waals surface area contributed by atoms with Crippen LogP contribution in [0.4, 0.5) is 0 Å². The highest BCUT2D eigenvalue weighted by Gasteiger charge is 2.12. The molecule has 0 fully saturated rings. The number of hydrogen-bond acceptors (Lipinski definition) is 2. The normalized spacial score (nSPS) is 10.8. The fraction of sp³-hybridized carbons (Fsp3) is 0.200. The molecule has 0 saturated heterocycles. The third-order valence-electron chi connectivity index (χ3n) is 1.89. The summed E-state index contributed by atoms with van der Waals surface area (Å²) in [4.78, 5) is 0. The molecule has 2 aromatic rings. The number of fused-ring (bicyclic) bond motifs is 1. The van der Waals surface area contributed by atoms with Crippen molar-refractivity contribution in [1.29, 1.82) is 0 Å². The van der Waals surface area contributed by atoms with Crippen molar-refractivity contribution >= 4 is 44.6 Å². The third kappa shape index (κ3) is 1.58. The van der Waals surface area contributed by atoms with Crippen LogP contribution in [-0.2, 0) is 0 Å². The lowest BCUT2D eigenvalue weighted by atomic mass is 10.2. The second kappa shape index (κ2) is 3.97. The van der Waals surface area contributed by atoms with Gasteiger partial charge in [-0.15, -0.1) is 11.3 Å². The van der Waals surface area contributed by atoms with Gasteiger partial charge < -0.3 is 4.74 Å². The number of ether oxygens (including phenoxy) is 1. The zero-order chi connectivity index (χ0) is 10.1. The van der Waals surface area contributed by atoms with E-state index in [4.69, 9.17) is 27.9 Å². The lowest BCUT2D eigenvalue weighted by Gasteiger charge is -2.08. The summed E-state index contributed by atoms with van der Waals surface area (Å²) < 4.78 is 6.47. The van der Waals surface area contributed by atoms with Crippen LogP contribution in [0.2, 0.25) is 10.0 Å². The number of benzene rings is 1. The van der Waals surface area contributed by atoms with Crippen LogP contribution in [0.1, 0.15) is 6.92 Å². The van der Waals surface area contributed by atoms with Crippen molar-refractivity contribution in [2.24, 2.45) is 0 Å². The molecule has 0 N–H and O–H groups in total. The maximum absolute atomic E-state index is 6.16. The van der Waals surface area contributed by atoms with Gasteiger partial charge in [0.15, 0.2) is 5.75 Å². The molecule has 1 aromatic heterocycles. The summed E-state index contributed by atoms with van der Waals surface area (Å²) >= 11 is 13.8. The number of thiophene rings is 1. The Morgan fingerprint density at radius 2 is 2.21 bits per heavy atom. The first kappa shape index (κ1) is 10.1. The molecule has 74 valence electrons. The Morgan fingerprint density at radius 1 is 1.43 bits per heavy atom. The van der Waals surface area contributed by atoms with E-state index in [1.165, 1.54) is 0 Å². The van der Waals surface area contributed by atoms with Crippen molar-refractivity contribution in [2.75, 3.05) is 6.61 Å². The molecule has 0 aliphatic rings. The Morgan fingerprint density at radius 3 is 2.93 bits per heavy atom. The summed E-state index contributed by atoms with van der Waals surface area (Å²) in [6.07, 6.45) is 0. The molecular weight excluding hydrogens is 239 g/mol. The molecule has 0 atom stereocenters. The Hall–Kier alpha value is -0.440. The van der Waals surface area contributed by atoms with E-state index in [0.717, 1.165) is 10.1 Å². The van der Waals surface area contributed by atoms with Gasteiger partial charge in [-0.3, -0.25) is 0 Å². The lowest BCUT2D eigenvalue weighted by molar-refractivity contribution is 0.341. The Bertz CT molecular complexity index is 464. The van der Waals surface area contributed by atoms with Gasteiger partial charge in [-0.25, -0.2) is 0 Å². The monoisotopic (exact) mass is 246 g/mol. The van der Waals surface area contributed by atoms with Gasteiger partial charge in [-0.2, -0.15) is 0 Å². The number of hydrogen-bond donors (Lipinski definition) is 0. The third-order valence-corrected chi connectivity index (χ3v) is 3.41. The van der Waals surface area contributed by atoms with E-state index in [1.807, 2.05) is 24.4 Å². The molecule has 0 amide bonds. The zero-order valence-electron chi connectivity index (χ0n) is 7.51. The van der Waals surface area contributed by atoms with Crippen LogP contribution in [0.25, 0.3) is 10.1 Å². The van der Waals surface area contributed by atoms with Crippen LogP contribution >= 0.6 is 34.5 Å². The van der Waals surface area contributed by atoms with Gasteiger partial charge in [-0.1, -0.05) is 23.2 Å². The highest BCUT2D eigenvalue weighted by Crippen LogP contribution is 2.41. The SMILES string of the molecule is CCOc1c(Cl)cc2sccc2c1Cl. The van der Waals surface area contributed by atoms with E-state index in [9.17, 15) is 0 Å². The largest absolute Gasteiger partial charge is 0.491 e. The van der Waals surface area contributed by atoms with Gasteiger partial charge in [0.1, 0.15) is 0 Å². The van der Waals surface area contributed by atoms with E-state index in [2.05, 4.69) is 0 Å². The Labute approximate surface area is 96.2 Å². The molecular formula is C10H8Cl2OS. The Balaban J connectivity index is 2.69. The quantitative estimate of drug-likeness (QED) is 0.753. The molecule has 1 aromatic carbocycles. The summed E-state index contributed by atoms with van der Waals surface area (Å²) in [5, 5.41) is 4.18. The first-order valence-electron chi connectivity index (χ1n) is 4.22. The van der Waals surface area contributed by atoms with Crippen LogP contribution in [0.3, 0.4) is 0 Å². The molecule has 2 rings (SSSR count). The maximum Gasteiger partial charge on any atom is 0.157 e. The van der Waals surface area contributed by atoms with Crippen molar-refractivity contribution in [3.8, 4) is 5.75 Å². The predicted octanol–water partition coefficient (Wildman–Crippen LogP) is 4.61. The van der Waals surface area contributed by atoms with E-state index in [1.54, 1.807) is 11.3 Å². The molecule has 1 nitrogen and oxygen atoms in total. The van der Waals surface area contributed by atoms with Gasteiger partial charge in [0.05, 0.1) is 16.7 Å². The fourth-order valence-electron chi connectivity index (χ4n) is 1.30. The standard InChI is InChI=1S/C10H8Cl2OS/c1-2-13-10-7(11)5-8-6(9(10)12)3-4-14-8/h3-5H,2H2,1H3. The minimum Gasteiger partial charge on any atom is -0.491 e. The summed E-state index contributed by atoms with van der Waals surface area (Å²) in [5.74, 6) is 0.585. The van der Waals surface area contributed by atoms with Gasteiger partial charge in [0, 0.05) is 10.1 Å². The Kier molecular flexibility index (Phi) is 2.86. The molecule has 0 aliphatic carbocycles. The smallest absolute Gasteiger partial charge is 0.157 e. The highest BCUT2D eigenvalue weighted by atomic mass is 35.5. The van der Waals surface area contributed by atoms with Crippen LogP contribution in [0, 0.1) is 0 Å². The predicted molar refractivity (Wildman–Crippen MR) is 63.0 cm³/mol. The van der Waals surface area contributed by atoms with Crippen molar-refractivity contribution in [3.63, 3.8) is 0 Å². The van der Waals surface area contributed by atoms with E-state index in [0.29, 0.717) is 22.4 Å². The average molecular weight is 247 g/mol. The topological polar surface area (TPSA) is 9.23 Å².